The zero-order valence-corrected chi connectivity index (χ0v) is 16.5. The van der Waals surface area contributed by atoms with Crippen LogP contribution in [0.4, 0.5) is 0 Å². The minimum absolute atomic E-state index is 0.203. The molecule has 0 bridgehead atoms. The molecule has 152 valence electrons. The molecule has 8 heteroatoms. The second-order valence-corrected chi connectivity index (χ2v) is 7.85. The van der Waals surface area contributed by atoms with Gasteiger partial charge in [-0.05, 0) is 38.3 Å². The summed E-state index contributed by atoms with van der Waals surface area (Å²) in [5.41, 5.74) is 1.42. The summed E-state index contributed by atoms with van der Waals surface area (Å²) < 4.78 is 6.71. The van der Waals surface area contributed by atoms with Crippen LogP contribution in [0.25, 0.3) is 5.65 Å². The molecule has 1 saturated carbocycles. The number of carbonyl (C=O) groups is 3. The molecule has 2 aliphatic rings. The van der Waals surface area contributed by atoms with Crippen molar-refractivity contribution in [2.75, 3.05) is 0 Å². The van der Waals surface area contributed by atoms with E-state index in [-0.39, 0.29) is 35.8 Å². The summed E-state index contributed by atoms with van der Waals surface area (Å²) >= 11 is 0. The van der Waals surface area contributed by atoms with Crippen LogP contribution < -0.4 is 5.56 Å². The second kappa shape index (κ2) is 7.42. The molecule has 0 spiro atoms. The SMILES string of the molecule is Cc1ccc2nc(COC(=O)[C@H](C)N3C(=O)[C@@H]4CCCC[C@H]4C3=O)cc(=O)n2c1. The molecule has 3 atom stereocenters. The third-order valence-electron chi connectivity index (χ3n) is 5.83. The Labute approximate surface area is 167 Å². The molecule has 2 aromatic rings. The highest BCUT2D eigenvalue weighted by Gasteiger charge is 2.51. The highest BCUT2D eigenvalue weighted by molar-refractivity contribution is 6.07. The van der Waals surface area contributed by atoms with Crippen LogP contribution in [0.1, 0.15) is 43.9 Å². The van der Waals surface area contributed by atoms with Crippen molar-refractivity contribution >= 4 is 23.4 Å². The number of nitrogens with zero attached hydrogens (tertiary/aromatic N) is 3. The smallest absolute Gasteiger partial charge is 0.329 e. The van der Waals surface area contributed by atoms with Gasteiger partial charge in [-0.1, -0.05) is 18.9 Å². The summed E-state index contributed by atoms with van der Waals surface area (Å²) in [5.74, 6) is -1.85. The number of pyridine rings is 1. The van der Waals surface area contributed by atoms with E-state index in [0.717, 1.165) is 23.3 Å². The van der Waals surface area contributed by atoms with E-state index in [2.05, 4.69) is 4.98 Å². The first-order valence-corrected chi connectivity index (χ1v) is 9.89. The predicted molar refractivity (Wildman–Crippen MR) is 103 cm³/mol. The van der Waals surface area contributed by atoms with E-state index in [9.17, 15) is 19.2 Å². The highest BCUT2D eigenvalue weighted by atomic mass is 16.5. The fraction of sp³-hybridized carbons (Fsp3) is 0.476. The van der Waals surface area contributed by atoms with Crippen molar-refractivity contribution in [2.45, 2.75) is 52.2 Å². The summed E-state index contributed by atoms with van der Waals surface area (Å²) in [7, 11) is 0. The number of hydrogen-bond donors (Lipinski definition) is 0. The van der Waals surface area contributed by atoms with Crippen molar-refractivity contribution in [3.8, 4) is 0 Å². The quantitative estimate of drug-likeness (QED) is 0.574. The van der Waals surface area contributed by atoms with Crippen molar-refractivity contribution in [2.24, 2.45) is 11.8 Å². The van der Waals surface area contributed by atoms with Gasteiger partial charge in [0.25, 0.3) is 5.56 Å². The lowest BCUT2D eigenvalue weighted by atomic mass is 9.81. The van der Waals surface area contributed by atoms with E-state index >= 15 is 0 Å². The molecule has 3 heterocycles. The molecule has 2 aromatic heterocycles. The molecule has 8 nitrogen and oxygen atoms in total. The number of imide groups is 1. The van der Waals surface area contributed by atoms with Gasteiger partial charge in [0.1, 0.15) is 18.3 Å². The number of aromatic nitrogens is 2. The van der Waals surface area contributed by atoms with Crippen LogP contribution in [0, 0.1) is 18.8 Å². The molecule has 29 heavy (non-hydrogen) atoms. The molecular formula is C21H23N3O5. The zero-order chi connectivity index (χ0) is 20.7. The molecule has 1 saturated heterocycles. The highest BCUT2D eigenvalue weighted by Crippen LogP contribution is 2.38. The largest absolute Gasteiger partial charge is 0.458 e. The minimum atomic E-state index is -0.996. The van der Waals surface area contributed by atoms with Crippen molar-refractivity contribution in [1.29, 1.82) is 0 Å². The molecule has 1 aliphatic carbocycles. The monoisotopic (exact) mass is 397 g/mol. The first-order chi connectivity index (χ1) is 13.9. The van der Waals surface area contributed by atoms with Crippen LogP contribution in [0.5, 0.6) is 0 Å². The van der Waals surface area contributed by atoms with Crippen LogP contribution >= 0.6 is 0 Å². The maximum atomic E-state index is 12.6. The van der Waals surface area contributed by atoms with Gasteiger partial charge in [-0.3, -0.25) is 23.7 Å². The molecule has 2 fully saturated rings. The van der Waals surface area contributed by atoms with Gasteiger partial charge in [0, 0.05) is 12.3 Å². The second-order valence-electron chi connectivity index (χ2n) is 7.85. The Bertz CT molecular complexity index is 1040. The number of fused-ring (bicyclic) bond motifs is 2. The van der Waals surface area contributed by atoms with Crippen LogP contribution in [-0.2, 0) is 25.7 Å². The van der Waals surface area contributed by atoms with Gasteiger partial charge in [-0.2, -0.15) is 0 Å². The summed E-state index contributed by atoms with van der Waals surface area (Å²) in [5, 5.41) is 0. The molecular weight excluding hydrogens is 374 g/mol. The standard InChI is InChI=1S/C21H23N3O5/c1-12-7-8-17-22-14(9-18(25)23(17)10-12)11-29-21(28)13(2)24-19(26)15-5-3-4-6-16(15)20(24)27/h7-10,13,15-16H,3-6,11H2,1-2H3/t13-,15+,16+/m0/s1. The first-order valence-electron chi connectivity index (χ1n) is 9.89. The Balaban J connectivity index is 1.46. The Kier molecular flexibility index (Phi) is 4.94. The van der Waals surface area contributed by atoms with Gasteiger partial charge in [0.15, 0.2) is 0 Å². The number of carbonyl (C=O) groups excluding carboxylic acids is 3. The molecule has 4 rings (SSSR count). The van der Waals surface area contributed by atoms with Crippen molar-refractivity contribution in [3.63, 3.8) is 0 Å². The van der Waals surface area contributed by atoms with Crippen LogP contribution in [-0.4, -0.2) is 38.1 Å². The molecule has 0 aromatic carbocycles. The third kappa shape index (κ3) is 3.43. The molecule has 2 amide bonds. The molecule has 1 aliphatic heterocycles. The Morgan fingerprint density at radius 2 is 1.83 bits per heavy atom. The Morgan fingerprint density at radius 1 is 1.17 bits per heavy atom. The number of aryl methyl sites for hydroxylation is 1. The number of esters is 1. The Morgan fingerprint density at radius 3 is 2.48 bits per heavy atom. The van der Waals surface area contributed by atoms with Crippen LogP contribution in [0.3, 0.4) is 0 Å². The zero-order valence-electron chi connectivity index (χ0n) is 16.5. The van der Waals surface area contributed by atoms with Gasteiger partial charge in [-0.25, -0.2) is 9.78 Å². The van der Waals surface area contributed by atoms with E-state index in [4.69, 9.17) is 4.74 Å². The normalized spacial score (nSPS) is 22.6. The van der Waals surface area contributed by atoms with Gasteiger partial charge in [-0.15, -0.1) is 0 Å². The summed E-state index contributed by atoms with van der Waals surface area (Å²) in [6.45, 7) is 3.17. The van der Waals surface area contributed by atoms with Crippen molar-refractivity contribution in [3.05, 3.63) is 46.0 Å². The van der Waals surface area contributed by atoms with Crippen LogP contribution in [0.15, 0.2) is 29.2 Å². The number of hydrogen-bond acceptors (Lipinski definition) is 6. The lowest BCUT2D eigenvalue weighted by Crippen LogP contribution is -2.44. The van der Waals surface area contributed by atoms with E-state index in [1.807, 2.05) is 13.0 Å². The molecule has 0 unspecified atom stereocenters. The fourth-order valence-electron chi connectivity index (χ4n) is 4.27. The lowest BCUT2D eigenvalue weighted by Gasteiger charge is -2.21. The topological polar surface area (TPSA) is 98.0 Å². The van der Waals surface area contributed by atoms with Gasteiger partial charge < -0.3 is 4.74 Å². The van der Waals surface area contributed by atoms with E-state index in [0.29, 0.717) is 24.2 Å². The van der Waals surface area contributed by atoms with Crippen LogP contribution in [0.2, 0.25) is 0 Å². The lowest BCUT2D eigenvalue weighted by molar-refractivity contribution is -0.159. The number of rotatable bonds is 4. The van der Waals surface area contributed by atoms with E-state index in [1.165, 1.54) is 17.4 Å². The average molecular weight is 397 g/mol. The van der Waals surface area contributed by atoms with Gasteiger partial charge in [0.2, 0.25) is 11.8 Å². The average Bonchev–Trinajstić information content (AvgIpc) is 2.97. The van der Waals surface area contributed by atoms with Gasteiger partial charge >= 0.3 is 5.97 Å². The van der Waals surface area contributed by atoms with E-state index in [1.54, 1.807) is 12.3 Å². The van der Waals surface area contributed by atoms with Gasteiger partial charge in [0.05, 0.1) is 17.5 Å². The maximum absolute atomic E-state index is 12.6. The molecule has 0 N–H and O–H groups in total. The summed E-state index contributed by atoms with van der Waals surface area (Å²) in [4.78, 5) is 55.4. The van der Waals surface area contributed by atoms with Crippen molar-refractivity contribution in [1.82, 2.24) is 14.3 Å². The number of likely N-dealkylation sites (tertiary alicyclic amines) is 1. The predicted octanol–water partition coefficient (Wildman–Crippen LogP) is 1.61. The Hall–Kier alpha value is -3.03. The molecule has 0 radical (unpaired) electrons. The van der Waals surface area contributed by atoms with E-state index < -0.39 is 12.0 Å². The third-order valence-corrected chi connectivity index (χ3v) is 5.83. The first kappa shape index (κ1) is 19.3. The number of ether oxygens (including phenoxy) is 1. The van der Waals surface area contributed by atoms with Crippen molar-refractivity contribution < 1.29 is 19.1 Å². The summed E-state index contributed by atoms with van der Waals surface area (Å²) in [6, 6.07) is 3.87. The number of amides is 2. The minimum Gasteiger partial charge on any atom is -0.458 e. The maximum Gasteiger partial charge on any atom is 0.329 e. The summed E-state index contributed by atoms with van der Waals surface area (Å²) in [6.07, 6.45) is 4.92. The fourth-order valence-corrected chi connectivity index (χ4v) is 4.27.